The number of anilines is 2. The van der Waals surface area contributed by atoms with Gasteiger partial charge in [-0.15, -0.1) is 0 Å². The highest BCUT2D eigenvalue weighted by Crippen LogP contribution is 2.53. The smallest absolute Gasteiger partial charge is 0.269 e. The van der Waals surface area contributed by atoms with Gasteiger partial charge in [0, 0.05) is 35.8 Å². The lowest BCUT2D eigenvalue weighted by molar-refractivity contribution is -0.384. The van der Waals surface area contributed by atoms with E-state index in [1.54, 1.807) is 12.1 Å². The largest absolute Gasteiger partial charge is 0.378 e. The van der Waals surface area contributed by atoms with Gasteiger partial charge in [-0.2, -0.15) is 0 Å². The van der Waals surface area contributed by atoms with E-state index in [0.29, 0.717) is 6.42 Å². The van der Waals surface area contributed by atoms with Crippen molar-refractivity contribution in [1.29, 1.82) is 0 Å². The number of benzene rings is 3. The van der Waals surface area contributed by atoms with E-state index in [1.165, 1.54) is 12.1 Å². The fraction of sp³-hybridized carbons (Fsp3) is 0.208. The lowest BCUT2D eigenvalue weighted by Crippen LogP contribution is -2.35. The molecule has 6 heteroatoms. The summed E-state index contributed by atoms with van der Waals surface area (Å²) in [5, 5.41) is 14.7. The molecule has 2 aliphatic heterocycles. The number of nitro benzene ring substituents is 1. The van der Waals surface area contributed by atoms with E-state index in [-0.39, 0.29) is 29.6 Å². The molecule has 3 atom stereocenters. The van der Waals surface area contributed by atoms with Crippen LogP contribution in [0.1, 0.15) is 35.2 Å². The normalized spacial score (nSPS) is 22.2. The van der Waals surface area contributed by atoms with E-state index < -0.39 is 4.92 Å². The molecule has 0 spiro atoms. The number of aryl methyl sites for hydroxylation is 1. The van der Waals surface area contributed by atoms with E-state index in [0.717, 1.165) is 28.1 Å². The Labute approximate surface area is 174 Å². The fourth-order valence-electron chi connectivity index (χ4n) is 4.79. The molecule has 1 N–H and O–H groups in total. The first kappa shape index (κ1) is 18.4. The van der Waals surface area contributed by atoms with Crippen LogP contribution in [-0.2, 0) is 4.79 Å². The van der Waals surface area contributed by atoms with Gasteiger partial charge in [-0.1, -0.05) is 48.0 Å². The van der Waals surface area contributed by atoms with E-state index >= 15 is 0 Å². The molecule has 3 aromatic carbocycles. The summed E-state index contributed by atoms with van der Waals surface area (Å²) in [6.45, 7) is 2.06. The lowest BCUT2D eigenvalue weighted by atomic mass is 9.79. The van der Waals surface area contributed by atoms with Gasteiger partial charge in [-0.3, -0.25) is 14.9 Å². The van der Waals surface area contributed by atoms with Gasteiger partial charge in [0.15, 0.2) is 0 Å². The molecule has 2 heterocycles. The van der Waals surface area contributed by atoms with Gasteiger partial charge in [0.25, 0.3) is 5.69 Å². The Morgan fingerprint density at radius 3 is 2.47 bits per heavy atom. The Morgan fingerprint density at radius 1 is 1.03 bits per heavy atom. The van der Waals surface area contributed by atoms with E-state index in [4.69, 9.17) is 0 Å². The van der Waals surface area contributed by atoms with Crippen molar-refractivity contribution >= 4 is 23.0 Å². The first-order valence-corrected chi connectivity index (χ1v) is 10.0. The molecule has 0 aliphatic carbocycles. The van der Waals surface area contributed by atoms with Crippen LogP contribution < -0.4 is 10.2 Å². The maximum absolute atomic E-state index is 13.2. The summed E-state index contributed by atoms with van der Waals surface area (Å²) in [6.07, 6.45) is 0.418. The van der Waals surface area contributed by atoms with E-state index in [2.05, 4.69) is 30.4 Å². The molecule has 1 saturated heterocycles. The highest BCUT2D eigenvalue weighted by atomic mass is 16.6. The minimum Gasteiger partial charge on any atom is -0.378 e. The third-order valence-electron chi connectivity index (χ3n) is 6.12. The monoisotopic (exact) mass is 399 g/mol. The zero-order chi connectivity index (χ0) is 20.8. The van der Waals surface area contributed by atoms with Crippen LogP contribution in [0.15, 0.2) is 72.8 Å². The third kappa shape index (κ3) is 2.92. The number of rotatable bonds is 3. The van der Waals surface area contributed by atoms with Crippen molar-refractivity contribution in [3.8, 4) is 0 Å². The quantitative estimate of drug-likeness (QED) is 0.487. The number of nitrogens with zero attached hydrogens (tertiary/aromatic N) is 2. The molecule has 0 radical (unpaired) electrons. The van der Waals surface area contributed by atoms with Crippen LogP contribution in [0.4, 0.5) is 17.1 Å². The number of nitro groups is 1. The summed E-state index contributed by atoms with van der Waals surface area (Å²) in [7, 11) is 0. The summed E-state index contributed by atoms with van der Waals surface area (Å²) >= 11 is 0. The number of amides is 1. The van der Waals surface area contributed by atoms with Gasteiger partial charge >= 0.3 is 0 Å². The summed E-state index contributed by atoms with van der Waals surface area (Å²) in [4.78, 5) is 25.7. The summed E-state index contributed by atoms with van der Waals surface area (Å²) in [5.41, 5.74) is 5.18. The average Bonchev–Trinajstić information content (AvgIpc) is 3.11. The van der Waals surface area contributed by atoms with Crippen LogP contribution in [-0.4, -0.2) is 10.8 Å². The van der Waals surface area contributed by atoms with Gasteiger partial charge < -0.3 is 10.2 Å². The maximum atomic E-state index is 13.2. The van der Waals surface area contributed by atoms with Crippen molar-refractivity contribution in [3.05, 3.63) is 99.6 Å². The second-order valence-corrected chi connectivity index (χ2v) is 7.97. The van der Waals surface area contributed by atoms with Crippen molar-refractivity contribution < 1.29 is 9.72 Å². The number of hydrogen-bond donors (Lipinski definition) is 1. The predicted molar refractivity (Wildman–Crippen MR) is 115 cm³/mol. The highest BCUT2D eigenvalue weighted by molar-refractivity contribution is 5.97. The van der Waals surface area contributed by atoms with Crippen molar-refractivity contribution in [2.45, 2.75) is 25.4 Å². The van der Waals surface area contributed by atoms with Gasteiger partial charge in [-0.25, -0.2) is 0 Å². The van der Waals surface area contributed by atoms with Gasteiger partial charge in [0.1, 0.15) is 0 Å². The highest BCUT2D eigenvalue weighted by Gasteiger charge is 2.49. The third-order valence-corrected chi connectivity index (χ3v) is 6.12. The molecule has 1 fully saturated rings. The first-order valence-electron chi connectivity index (χ1n) is 10.0. The number of carbonyl (C=O) groups excluding carboxylic acids is 1. The number of para-hydroxylation sites is 1. The maximum Gasteiger partial charge on any atom is 0.269 e. The zero-order valence-corrected chi connectivity index (χ0v) is 16.5. The Bertz CT molecular complexity index is 1130. The SMILES string of the molecule is Cc1ccc2c(c1)[C@@H]1[C@@H](CC(=O)N1c1ccccc1)[C@H](c1ccc([N+](=O)[O-])cc1)N2. The van der Waals surface area contributed by atoms with Gasteiger partial charge in [-0.05, 0) is 36.2 Å². The van der Waals surface area contributed by atoms with Crippen LogP contribution in [0.3, 0.4) is 0 Å². The molecule has 2 aliphatic rings. The number of carbonyl (C=O) groups is 1. The number of hydrogen-bond acceptors (Lipinski definition) is 4. The lowest BCUT2D eigenvalue weighted by Gasteiger charge is -2.40. The van der Waals surface area contributed by atoms with Gasteiger partial charge in [0.2, 0.25) is 5.91 Å². The van der Waals surface area contributed by atoms with Gasteiger partial charge in [0.05, 0.1) is 17.0 Å². The summed E-state index contributed by atoms with van der Waals surface area (Å²) in [5.74, 6) is 0.118. The van der Waals surface area contributed by atoms with Crippen LogP contribution in [0, 0.1) is 23.0 Å². The molecule has 0 bridgehead atoms. The minimum absolute atomic E-state index is 0.0217. The molecule has 3 aromatic rings. The zero-order valence-electron chi connectivity index (χ0n) is 16.5. The van der Waals surface area contributed by atoms with Crippen LogP contribution >= 0.6 is 0 Å². The number of fused-ring (bicyclic) bond motifs is 3. The number of nitrogens with one attached hydrogen (secondary N) is 1. The van der Waals surface area contributed by atoms with Crippen molar-refractivity contribution in [1.82, 2.24) is 0 Å². The molecule has 0 saturated carbocycles. The summed E-state index contributed by atoms with van der Waals surface area (Å²) < 4.78 is 0. The molecule has 150 valence electrons. The fourth-order valence-corrected chi connectivity index (χ4v) is 4.79. The van der Waals surface area contributed by atoms with Crippen LogP contribution in [0.5, 0.6) is 0 Å². The molecular formula is C24H21N3O3. The van der Waals surface area contributed by atoms with E-state index in [1.807, 2.05) is 35.2 Å². The molecular weight excluding hydrogens is 378 g/mol. The topological polar surface area (TPSA) is 75.5 Å². The molecule has 6 nitrogen and oxygen atoms in total. The molecule has 0 aromatic heterocycles. The second-order valence-electron chi connectivity index (χ2n) is 7.97. The van der Waals surface area contributed by atoms with Crippen molar-refractivity contribution in [3.63, 3.8) is 0 Å². The first-order chi connectivity index (χ1) is 14.5. The Morgan fingerprint density at radius 2 is 1.77 bits per heavy atom. The second kappa shape index (κ2) is 6.99. The van der Waals surface area contributed by atoms with Crippen molar-refractivity contribution in [2.75, 3.05) is 10.2 Å². The number of non-ortho nitro benzene ring substituents is 1. The standard InChI is InChI=1S/C24H21N3O3/c1-15-7-12-21-19(13-15)24-20(14-22(28)26(24)17-5-3-2-4-6-17)23(25-21)16-8-10-18(11-9-16)27(29)30/h2-13,20,23-25H,14H2,1H3/t20-,23-,24+/m0/s1. The predicted octanol–water partition coefficient (Wildman–Crippen LogP) is 5.16. The Balaban J connectivity index is 1.62. The molecule has 30 heavy (non-hydrogen) atoms. The van der Waals surface area contributed by atoms with Crippen molar-refractivity contribution in [2.24, 2.45) is 5.92 Å². The Kier molecular flexibility index (Phi) is 4.28. The average molecular weight is 399 g/mol. The van der Waals surface area contributed by atoms with Crippen LogP contribution in [0.2, 0.25) is 0 Å². The minimum atomic E-state index is -0.394. The molecule has 5 rings (SSSR count). The molecule has 1 amide bonds. The van der Waals surface area contributed by atoms with Crippen LogP contribution in [0.25, 0.3) is 0 Å². The van der Waals surface area contributed by atoms with E-state index in [9.17, 15) is 14.9 Å². The summed E-state index contributed by atoms with van der Waals surface area (Å²) in [6, 6.07) is 22.5. The molecule has 0 unspecified atom stereocenters. The Hall–Kier alpha value is -3.67.